The molecule has 0 bridgehead atoms. The molecule has 0 spiro atoms. The SMILES string of the molecule is O=C=C1CC=CC=C1NC(=O)c1ccno1. The molecule has 16 heavy (non-hydrogen) atoms. The summed E-state index contributed by atoms with van der Waals surface area (Å²) in [6.07, 6.45) is 7.05. The third kappa shape index (κ3) is 1.99. The van der Waals surface area contributed by atoms with Crippen LogP contribution >= 0.6 is 0 Å². The molecule has 1 heterocycles. The van der Waals surface area contributed by atoms with Gasteiger partial charge >= 0.3 is 0 Å². The van der Waals surface area contributed by atoms with Crippen LogP contribution in [0.15, 0.2) is 46.3 Å². The van der Waals surface area contributed by atoms with E-state index in [4.69, 9.17) is 4.52 Å². The molecule has 1 aromatic rings. The Morgan fingerprint density at radius 2 is 2.44 bits per heavy atom. The van der Waals surface area contributed by atoms with Crippen molar-refractivity contribution in [3.8, 4) is 0 Å². The molecule has 0 unspecified atom stereocenters. The molecule has 1 aromatic heterocycles. The lowest BCUT2D eigenvalue weighted by atomic mass is 10.1. The fourth-order valence-corrected chi connectivity index (χ4v) is 1.29. The molecule has 0 saturated heterocycles. The van der Waals surface area contributed by atoms with Crippen molar-refractivity contribution in [2.45, 2.75) is 6.42 Å². The van der Waals surface area contributed by atoms with Crippen molar-refractivity contribution in [3.05, 3.63) is 47.5 Å². The van der Waals surface area contributed by atoms with E-state index in [2.05, 4.69) is 10.5 Å². The van der Waals surface area contributed by atoms with Crippen molar-refractivity contribution in [2.24, 2.45) is 0 Å². The minimum absolute atomic E-state index is 0.0979. The first-order valence-corrected chi connectivity index (χ1v) is 4.64. The minimum Gasteiger partial charge on any atom is -0.351 e. The summed E-state index contributed by atoms with van der Waals surface area (Å²) in [5.74, 6) is 1.45. The van der Waals surface area contributed by atoms with Gasteiger partial charge in [0.15, 0.2) is 0 Å². The zero-order valence-electron chi connectivity index (χ0n) is 8.27. The molecule has 0 aromatic carbocycles. The first-order valence-electron chi connectivity index (χ1n) is 4.64. The van der Waals surface area contributed by atoms with E-state index in [-0.39, 0.29) is 5.76 Å². The zero-order valence-corrected chi connectivity index (χ0v) is 8.27. The van der Waals surface area contributed by atoms with Gasteiger partial charge in [-0.05, 0) is 6.08 Å². The Kier molecular flexibility index (Phi) is 2.80. The lowest BCUT2D eigenvalue weighted by molar-refractivity contribution is 0.0930. The third-order valence-electron chi connectivity index (χ3n) is 2.08. The smallest absolute Gasteiger partial charge is 0.294 e. The van der Waals surface area contributed by atoms with Crippen LogP contribution in [0.4, 0.5) is 0 Å². The molecule has 0 atom stereocenters. The van der Waals surface area contributed by atoms with Crippen LogP contribution in [0, 0.1) is 0 Å². The van der Waals surface area contributed by atoms with Gasteiger partial charge in [0, 0.05) is 12.5 Å². The maximum Gasteiger partial charge on any atom is 0.294 e. The highest BCUT2D eigenvalue weighted by atomic mass is 16.5. The fraction of sp³-hybridized carbons (Fsp3) is 0.0909. The van der Waals surface area contributed by atoms with E-state index in [1.165, 1.54) is 12.3 Å². The van der Waals surface area contributed by atoms with Gasteiger partial charge in [0.2, 0.25) is 5.76 Å². The lowest BCUT2D eigenvalue weighted by Crippen LogP contribution is -2.24. The number of nitrogens with zero attached hydrogens (tertiary/aromatic N) is 1. The van der Waals surface area contributed by atoms with E-state index in [0.29, 0.717) is 17.7 Å². The highest BCUT2D eigenvalue weighted by molar-refractivity contribution is 5.93. The lowest BCUT2D eigenvalue weighted by Gasteiger charge is -2.10. The molecule has 1 aliphatic carbocycles. The summed E-state index contributed by atoms with van der Waals surface area (Å²) in [7, 11) is 0. The van der Waals surface area contributed by atoms with Gasteiger partial charge in [-0.25, -0.2) is 4.79 Å². The highest BCUT2D eigenvalue weighted by Gasteiger charge is 2.15. The molecule has 0 aliphatic heterocycles. The number of amides is 1. The second-order valence-electron chi connectivity index (χ2n) is 3.12. The predicted molar refractivity (Wildman–Crippen MR) is 55.0 cm³/mol. The number of hydrogen-bond donors (Lipinski definition) is 1. The highest BCUT2D eigenvalue weighted by Crippen LogP contribution is 2.14. The van der Waals surface area contributed by atoms with Crippen molar-refractivity contribution in [3.63, 3.8) is 0 Å². The van der Waals surface area contributed by atoms with E-state index in [1.807, 2.05) is 6.08 Å². The normalized spacial score (nSPS) is 14.2. The van der Waals surface area contributed by atoms with Gasteiger partial charge in [0.1, 0.15) is 5.94 Å². The quantitative estimate of drug-likeness (QED) is 0.749. The van der Waals surface area contributed by atoms with E-state index >= 15 is 0 Å². The van der Waals surface area contributed by atoms with Gasteiger partial charge in [-0.1, -0.05) is 17.3 Å². The summed E-state index contributed by atoms with van der Waals surface area (Å²) in [5.41, 5.74) is 0.856. The molecule has 0 fully saturated rings. The molecule has 1 amide bonds. The number of aromatic nitrogens is 1. The number of rotatable bonds is 2. The summed E-state index contributed by atoms with van der Waals surface area (Å²) >= 11 is 0. The van der Waals surface area contributed by atoms with Crippen molar-refractivity contribution in [2.75, 3.05) is 0 Å². The molecular formula is C11H8N2O3. The van der Waals surface area contributed by atoms with Crippen LogP contribution in [0.5, 0.6) is 0 Å². The van der Waals surface area contributed by atoms with Crippen LogP contribution in [0.2, 0.25) is 0 Å². The Labute approximate surface area is 91.1 Å². The molecule has 80 valence electrons. The summed E-state index contributed by atoms with van der Waals surface area (Å²) in [6, 6.07) is 1.44. The summed E-state index contributed by atoms with van der Waals surface area (Å²) in [4.78, 5) is 22.2. The van der Waals surface area contributed by atoms with E-state index in [0.717, 1.165) is 0 Å². The zero-order chi connectivity index (χ0) is 11.4. The molecule has 0 saturated carbocycles. The summed E-state index contributed by atoms with van der Waals surface area (Å²) in [5, 5.41) is 5.98. The Bertz CT molecular complexity index is 505. The Morgan fingerprint density at radius 3 is 3.12 bits per heavy atom. The van der Waals surface area contributed by atoms with E-state index < -0.39 is 5.91 Å². The maximum atomic E-state index is 11.6. The van der Waals surface area contributed by atoms with Gasteiger partial charge in [0.25, 0.3) is 5.91 Å². The second-order valence-corrected chi connectivity index (χ2v) is 3.12. The molecular weight excluding hydrogens is 208 g/mol. The molecule has 5 heteroatoms. The van der Waals surface area contributed by atoms with Crippen LogP contribution in [0.25, 0.3) is 0 Å². The van der Waals surface area contributed by atoms with Gasteiger partial charge in [0.05, 0.1) is 17.5 Å². The molecule has 1 aliphatic rings. The number of nitrogens with one attached hydrogen (secondary N) is 1. The second kappa shape index (κ2) is 4.42. The third-order valence-corrected chi connectivity index (χ3v) is 2.08. The van der Waals surface area contributed by atoms with Gasteiger partial charge in [-0.2, -0.15) is 0 Å². The first kappa shape index (κ1) is 10.1. The summed E-state index contributed by atoms with van der Waals surface area (Å²) < 4.78 is 4.69. The van der Waals surface area contributed by atoms with Crippen LogP contribution in [-0.2, 0) is 4.79 Å². The first-order chi connectivity index (χ1) is 7.81. The van der Waals surface area contributed by atoms with Crippen molar-refractivity contribution in [1.82, 2.24) is 10.5 Å². The Balaban J connectivity index is 2.16. The molecule has 1 N–H and O–H groups in total. The Morgan fingerprint density at radius 1 is 1.56 bits per heavy atom. The van der Waals surface area contributed by atoms with Crippen molar-refractivity contribution < 1.29 is 14.1 Å². The van der Waals surface area contributed by atoms with Crippen LogP contribution in [0.3, 0.4) is 0 Å². The minimum atomic E-state index is -0.438. The number of allylic oxidation sites excluding steroid dienone is 4. The molecule has 0 radical (unpaired) electrons. The average molecular weight is 216 g/mol. The maximum absolute atomic E-state index is 11.6. The standard InChI is InChI=1S/C11H8N2O3/c14-7-8-3-1-2-4-9(8)13-11(15)10-5-6-12-16-10/h1-2,4-6H,3H2,(H,13,15). The topological polar surface area (TPSA) is 72.2 Å². The summed E-state index contributed by atoms with van der Waals surface area (Å²) in [6.45, 7) is 0. The largest absolute Gasteiger partial charge is 0.351 e. The average Bonchev–Trinajstić information content (AvgIpc) is 2.83. The number of carbonyl (C=O) groups excluding carboxylic acids is 2. The van der Waals surface area contributed by atoms with Crippen molar-refractivity contribution in [1.29, 1.82) is 0 Å². The van der Waals surface area contributed by atoms with Crippen LogP contribution in [0.1, 0.15) is 17.0 Å². The number of carbonyl (C=O) groups is 1. The molecule has 2 rings (SSSR count). The molecule has 5 nitrogen and oxygen atoms in total. The van der Waals surface area contributed by atoms with Crippen LogP contribution in [-0.4, -0.2) is 17.0 Å². The van der Waals surface area contributed by atoms with E-state index in [9.17, 15) is 9.59 Å². The van der Waals surface area contributed by atoms with Gasteiger partial charge < -0.3 is 9.84 Å². The number of hydrogen-bond acceptors (Lipinski definition) is 4. The monoisotopic (exact) mass is 216 g/mol. The van der Waals surface area contributed by atoms with E-state index in [1.54, 1.807) is 18.1 Å². The predicted octanol–water partition coefficient (Wildman–Crippen LogP) is 1.01. The van der Waals surface area contributed by atoms with Crippen LogP contribution < -0.4 is 5.32 Å². The van der Waals surface area contributed by atoms with Gasteiger partial charge in [-0.3, -0.25) is 4.79 Å². The Hall–Kier alpha value is -2.39. The fourth-order valence-electron chi connectivity index (χ4n) is 1.29. The van der Waals surface area contributed by atoms with Crippen molar-refractivity contribution >= 4 is 11.8 Å². The van der Waals surface area contributed by atoms with Gasteiger partial charge in [-0.15, -0.1) is 0 Å².